The minimum atomic E-state index is 0.650. The number of aromatic nitrogens is 8. The Labute approximate surface area is 219 Å². The number of nitrogens with one attached hydrogen (secondary N) is 3. The van der Waals surface area contributed by atoms with E-state index in [0.29, 0.717) is 11.5 Å². The van der Waals surface area contributed by atoms with Crippen molar-refractivity contribution in [2.75, 3.05) is 6.54 Å². The number of aryl methyl sites for hydroxylation is 1. The van der Waals surface area contributed by atoms with Crippen LogP contribution in [0, 0.1) is 12.8 Å². The summed E-state index contributed by atoms with van der Waals surface area (Å²) < 4.78 is 2.00. The van der Waals surface area contributed by atoms with Crippen molar-refractivity contribution in [2.45, 2.75) is 39.2 Å². The molecule has 9 nitrogen and oxygen atoms in total. The highest BCUT2D eigenvalue weighted by atomic mass is 15.2. The van der Waals surface area contributed by atoms with Crippen LogP contribution < -0.4 is 5.32 Å². The maximum Gasteiger partial charge on any atom is 0.181 e. The second kappa shape index (κ2) is 9.50. The minimum Gasteiger partial charge on any atom is -0.337 e. The number of fused-ring (bicyclic) bond motifs is 2. The summed E-state index contributed by atoms with van der Waals surface area (Å²) in [4.78, 5) is 21.9. The lowest BCUT2D eigenvalue weighted by Crippen LogP contribution is -2.20. The molecular formula is C29H29N9. The van der Waals surface area contributed by atoms with E-state index in [2.05, 4.69) is 47.6 Å². The minimum absolute atomic E-state index is 0.650. The van der Waals surface area contributed by atoms with Crippen molar-refractivity contribution in [3.63, 3.8) is 0 Å². The normalized spacial score (nSPS) is 14.2. The van der Waals surface area contributed by atoms with E-state index in [1.807, 2.05) is 60.8 Å². The Morgan fingerprint density at radius 1 is 1.05 bits per heavy atom. The SMILES string of the molecule is Cc1cn(-c2cccc3[nH]c(-c4[nH]nc5ncc(-c6cncc(CNCC7CCCC7)c6)cc45)nc23)cn1. The van der Waals surface area contributed by atoms with E-state index in [0.717, 1.165) is 63.6 Å². The number of hydrogen-bond donors (Lipinski definition) is 3. The molecule has 7 rings (SSSR count). The van der Waals surface area contributed by atoms with Crippen molar-refractivity contribution in [3.05, 3.63) is 72.7 Å². The van der Waals surface area contributed by atoms with Gasteiger partial charge in [-0.1, -0.05) is 18.9 Å². The molecule has 0 unspecified atom stereocenters. The smallest absolute Gasteiger partial charge is 0.181 e. The highest BCUT2D eigenvalue weighted by Crippen LogP contribution is 2.31. The maximum atomic E-state index is 4.95. The van der Waals surface area contributed by atoms with Crippen molar-refractivity contribution in [2.24, 2.45) is 5.92 Å². The Hall–Kier alpha value is -4.37. The molecule has 9 heteroatoms. The van der Waals surface area contributed by atoms with Gasteiger partial charge in [0.2, 0.25) is 0 Å². The Morgan fingerprint density at radius 3 is 2.82 bits per heavy atom. The molecule has 5 heterocycles. The van der Waals surface area contributed by atoms with Crippen molar-refractivity contribution in [1.29, 1.82) is 0 Å². The second-order valence-electron chi connectivity index (χ2n) is 10.2. The third kappa shape index (κ3) is 4.24. The van der Waals surface area contributed by atoms with Crippen molar-refractivity contribution >= 4 is 22.1 Å². The topological polar surface area (TPSA) is 113 Å². The van der Waals surface area contributed by atoms with Crippen molar-refractivity contribution in [1.82, 2.24) is 45.0 Å². The van der Waals surface area contributed by atoms with Crippen LogP contribution >= 0.6 is 0 Å². The Morgan fingerprint density at radius 2 is 1.95 bits per heavy atom. The molecule has 0 radical (unpaired) electrons. The molecule has 0 bridgehead atoms. The third-order valence-corrected chi connectivity index (χ3v) is 7.49. The van der Waals surface area contributed by atoms with Gasteiger partial charge in [0.15, 0.2) is 11.5 Å². The first kappa shape index (κ1) is 22.8. The lowest BCUT2D eigenvalue weighted by atomic mass is 10.1. The van der Waals surface area contributed by atoms with Crippen LogP contribution in [-0.4, -0.2) is 46.2 Å². The molecule has 1 aliphatic rings. The lowest BCUT2D eigenvalue weighted by Gasteiger charge is -2.11. The zero-order chi connectivity index (χ0) is 25.5. The Bertz CT molecular complexity index is 1740. The molecule has 0 amide bonds. The van der Waals surface area contributed by atoms with E-state index < -0.39 is 0 Å². The largest absolute Gasteiger partial charge is 0.337 e. The Kier molecular flexibility index (Phi) is 5.70. The van der Waals surface area contributed by atoms with Gasteiger partial charge in [-0.25, -0.2) is 15.0 Å². The van der Waals surface area contributed by atoms with Gasteiger partial charge in [-0.05, 0) is 62.1 Å². The van der Waals surface area contributed by atoms with E-state index >= 15 is 0 Å². The summed E-state index contributed by atoms with van der Waals surface area (Å²) in [7, 11) is 0. The maximum absolute atomic E-state index is 4.95. The summed E-state index contributed by atoms with van der Waals surface area (Å²) >= 11 is 0. The van der Waals surface area contributed by atoms with Crippen LogP contribution in [-0.2, 0) is 6.54 Å². The van der Waals surface area contributed by atoms with Crippen molar-refractivity contribution in [3.8, 4) is 28.3 Å². The van der Waals surface area contributed by atoms with E-state index in [9.17, 15) is 0 Å². The van der Waals surface area contributed by atoms with Gasteiger partial charge in [-0.15, -0.1) is 0 Å². The van der Waals surface area contributed by atoms with Crippen molar-refractivity contribution < 1.29 is 0 Å². The molecule has 38 heavy (non-hydrogen) atoms. The Balaban J connectivity index is 1.20. The number of benzene rings is 1. The summed E-state index contributed by atoms with van der Waals surface area (Å²) in [6.07, 6.45) is 14.9. The standard InChI is InChI=1S/C29H29N9/c1-18-16-38(17-33-18)25-8-4-7-24-27(25)35-29(34-24)26-23-10-22(15-32-28(23)37-36-26)21-9-20(13-31-14-21)12-30-11-19-5-2-3-6-19/h4,7-10,13-17,19,30H,2-3,5-6,11-12H2,1H3,(H,34,35)(H,32,36,37). The fourth-order valence-electron chi connectivity index (χ4n) is 5.51. The van der Waals surface area contributed by atoms with E-state index in [-0.39, 0.29) is 0 Å². The van der Waals surface area contributed by atoms with Crippen LogP contribution in [0.3, 0.4) is 0 Å². The van der Waals surface area contributed by atoms with Crippen LogP contribution in [0.4, 0.5) is 0 Å². The number of imidazole rings is 2. The molecule has 6 aromatic rings. The first-order valence-corrected chi connectivity index (χ1v) is 13.2. The summed E-state index contributed by atoms with van der Waals surface area (Å²) in [6.45, 7) is 3.88. The van der Waals surface area contributed by atoms with Gasteiger partial charge >= 0.3 is 0 Å². The molecule has 1 saturated carbocycles. The zero-order valence-corrected chi connectivity index (χ0v) is 21.3. The molecule has 0 saturated heterocycles. The fourth-order valence-corrected chi connectivity index (χ4v) is 5.51. The highest BCUT2D eigenvalue weighted by Gasteiger charge is 2.17. The molecule has 3 N–H and O–H groups in total. The first-order valence-electron chi connectivity index (χ1n) is 13.2. The van der Waals surface area contributed by atoms with Gasteiger partial charge in [0.25, 0.3) is 0 Å². The van der Waals surface area contributed by atoms with Crippen LogP contribution in [0.1, 0.15) is 36.9 Å². The van der Waals surface area contributed by atoms with Gasteiger partial charge in [-0.3, -0.25) is 10.1 Å². The monoisotopic (exact) mass is 503 g/mol. The second-order valence-corrected chi connectivity index (χ2v) is 10.2. The molecule has 5 aromatic heterocycles. The average molecular weight is 504 g/mol. The van der Waals surface area contributed by atoms with E-state index in [1.165, 1.54) is 31.2 Å². The molecule has 0 aliphatic heterocycles. The third-order valence-electron chi connectivity index (χ3n) is 7.49. The number of nitrogens with zero attached hydrogens (tertiary/aromatic N) is 6. The molecule has 190 valence electrons. The lowest BCUT2D eigenvalue weighted by molar-refractivity contribution is 0.489. The number of aromatic amines is 2. The van der Waals surface area contributed by atoms with Gasteiger partial charge in [0.1, 0.15) is 11.2 Å². The summed E-state index contributed by atoms with van der Waals surface area (Å²) in [5, 5.41) is 12.1. The van der Waals surface area contributed by atoms with Crippen LogP contribution in [0.5, 0.6) is 0 Å². The van der Waals surface area contributed by atoms with Gasteiger partial charge < -0.3 is 14.9 Å². The number of H-pyrrole nitrogens is 2. The predicted molar refractivity (Wildman–Crippen MR) is 148 cm³/mol. The molecular weight excluding hydrogens is 474 g/mol. The van der Waals surface area contributed by atoms with Crippen LogP contribution in [0.15, 0.2) is 61.4 Å². The molecule has 0 spiro atoms. The van der Waals surface area contributed by atoms with E-state index in [1.54, 1.807) is 0 Å². The summed E-state index contributed by atoms with van der Waals surface area (Å²) in [5.74, 6) is 1.53. The first-order chi connectivity index (χ1) is 18.7. The summed E-state index contributed by atoms with van der Waals surface area (Å²) in [6, 6.07) is 10.4. The molecule has 1 aliphatic carbocycles. The molecule has 1 fully saturated rings. The number of para-hydroxylation sites is 1. The predicted octanol–water partition coefficient (Wildman–Crippen LogP) is 5.34. The number of hydrogen-bond acceptors (Lipinski definition) is 6. The van der Waals surface area contributed by atoms with Gasteiger partial charge in [-0.2, -0.15) is 5.10 Å². The van der Waals surface area contributed by atoms with E-state index in [4.69, 9.17) is 4.98 Å². The quantitative estimate of drug-likeness (QED) is 0.271. The van der Waals surface area contributed by atoms with Crippen LogP contribution in [0.2, 0.25) is 0 Å². The number of pyridine rings is 2. The molecule has 0 atom stereocenters. The van der Waals surface area contributed by atoms with Gasteiger partial charge in [0.05, 0.1) is 28.6 Å². The molecule has 1 aromatic carbocycles. The zero-order valence-electron chi connectivity index (χ0n) is 21.3. The average Bonchev–Trinajstić information content (AvgIpc) is 3.74. The highest BCUT2D eigenvalue weighted by molar-refractivity contribution is 5.94. The van der Waals surface area contributed by atoms with Crippen LogP contribution in [0.25, 0.3) is 50.4 Å². The number of rotatable bonds is 7. The summed E-state index contributed by atoms with van der Waals surface area (Å²) in [5.41, 5.74) is 8.40. The fraction of sp³-hybridized carbons (Fsp3) is 0.276. The van der Waals surface area contributed by atoms with Gasteiger partial charge in [0, 0.05) is 42.5 Å².